The van der Waals surface area contributed by atoms with Crippen molar-refractivity contribution in [1.82, 2.24) is 5.32 Å². The smallest absolute Gasteiger partial charge is 0.251 e. The van der Waals surface area contributed by atoms with Gasteiger partial charge in [0.2, 0.25) is 5.91 Å². The van der Waals surface area contributed by atoms with Crippen LogP contribution >= 0.6 is 0 Å². The molecular formula is C21H30N2O2. The van der Waals surface area contributed by atoms with Gasteiger partial charge in [0.25, 0.3) is 5.91 Å². The van der Waals surface area contributed by atoms with Gasteiger partial charge in [0.15, 0.2) is 0 Å². The van der Waals surface area contributed by atoms with Crippen molar-refractivity contribution in [3.05, 3.63) is 41.5 Å². The van der Waals surface area contributed by atoms with Crippen molar-refractivity contribution in [2.75, 3.05) is 5.32 Å². The molecule has 0 heterocycles. The molecule has 2 N–H and O–H groups in total. The lowest BCUT2D eigenvalue weighted by Gasteiger charge is -2.20. The van der Waals surface area contributed by atoms with Crippen molar-refractivity contribution in [2.24, 2.45) is 17.3 Å². The average Bonchev–Trinajstić information content (AvgIpc) is 2.97. The van der Waals surface area contributed by atoms with Crippen LogP contribution in [0.5, 0.6) is 0 Å². The number of benzene rings is 1. The van der Waals surface area contributed by atoms with Gasteiger partial charge in [0.05, 0.1) is 5.92 Å². The topological polar surface area (TPSA) is 58.2 Å². The second-order valence-electron chi connectivity index (χ2n) is 8.84. The first kappa shape index (κ1) is 19.2. The molecule has 4 heteroatoms. The highest BCUT2D eigenvalue weighted by molar-refractivity contribution is 5.97. The number of hydrogen-bond donors (Lipinski definition) is 2. The lowest BCUT2D eigenvalue weighted by Crippen LogP contribution is -2.40. The summed E-state index contributed by atoms with van der Waals surface area (Å²) in [5, 5.41) is 5.90. The van der Waals surface area contributed by atoms with Crippen LogP contribution in [-0.2, 0) is 4.79 Å². The zero-order valence-electron chi connectivity index (χ0n) is 16.4. The molecule has 0 aliphatic heterocycles. The predicted octanol–water partition coefficient (Wildman–Crippen LogP) is 4.39. The highest BCUT2D eigenvalue weighted by Gasteiger charge is 2.60. The first-order valence-electron chi connectivity index (χ1n) is 8.80. The zero-order chi connectivity index (χ0) is 19.0. The summed E-state index contributed by atoms with van der Waals surface area (Å²) in [6.07, 6.45) is 2.18. The summed E-state index contributed by atoms with van der Waals surface area (Å²) >= 11 is 0. The Morgan fingerprint density at radius 3 is 2.12 bits per heavy atom. The van der Waals surface area contributed by atoms with Gasteiger partial charge < -0.3 is 10.6 Å². The molecular weight excluding hydrogens is 312 g/mol. The minimum atomic E-state index is -0.276. The van der Waals surface area contributed by atoms with Gasteiger partial charge in [-0.3, -0.25) is 9.59 Å². The normalized spacial score (nSPS) is 21.2. The van der Waals surface area contributed by atoms with Crippen LogP contribution in [0, 0.1) is 17.3 Å². The number of anilines is 1. The summed E-state index contributed by atoms with van der Waals surface area (Å²) in [4.78, 5) is 24.7. The van der Waals surface area contributed by atoms with Crippen molar-refractivity contribution < 1.29 is 9.59 Å². The van der Waals surface area contributed by atoms with Crippen molar-refractivity contribution in [1.29, 1.82) is 0 Å². The van der Waals surface area contributed by atoms with E-state index >= 15 is 0 Å². The standard InChI is InChI=1S/C21H30N2O2/c1-13(2)12-16-17(21(16,6)7)19(25)22-15-10-8-14(9-11-15)18(24)23-20(3,4)5/h8-12,16-17H,1-7H3,(H,22,25)(H,23,24)/t16-,17+/m1/s1. The highest BCUT2D eigenvalue weighted by atomic mass is 16.2. The number of hydrogen-bond acceptors (Lipinski definition) is 2. The molecule has 2 rings (SSSR count). The molecule has 2 atom stereocenters. The van der Waals surface area contributed by atoms with Crippen molar-refractivity contribution in [2.45, 2.75) is 54.0 Å². The monoisotopic (exact) mass is 342 g/mol. The summed E-state index contributed by atoms with van der Waals surface area (Å²) in [5.74, 6) is 0.206. The quantitative estimate of drug-likeness (QED) is 0.797. The molecule has 1 aliphatic rings. The third-order valence-corrected chi connectivity index (χ3v) is 4.61. The maximum absolute atomic E-state index is 12.6. The van der Waals surface area contributed by atoms with E-state index in [0.717, 1.165) is 5.69 Å². The molecule has 4 nitrogen and oxygen atoms in total. The van der Waals surface area contributed by atoms with Crippen LogP contribution in [0.3, 0.4) is 0 Å². The Balaban J connectivity index is 2.01. The second kappa shape index (κ2) is 6.66. The summed E-state index contributed by atoms with van der Waals surface area (Å²) < 4.78 is 0. The van der Waals surface area contributed by atoms with Gasteiger partial charge in [-0.1, -0.05) is 25.5 Å². The van der Waals surface area contributed by atoms with E-state index in [2.05, 4.69) is 44.4 Å². The first-order chi connectivity index (χ1) is 11.4. The third-order valence-electron chi connectivity index (χ3n) is 4.61. The third kappa shape index (κ3) is 4.71. The van der Waals surface area contributed by atoms with E-state index in [0.29, 0.717) is 5.56 Å². The Morgan fingerprint density at radius 1 is 1.08 bits per heavy atom. The molecule has 0 saturated heterocycles. The number of nitrogens with one attached hydrogen (secondary N) is 2. The molecule has 0 bridgehead atoms. The first-order valence-corrected chi connectivity index (χ1v) is 8.80. The van der Waals surface area contributed by atoms with Crippen molar-refractivity contribution >= 4 is 17.5 Å². The Morgan fingerprint density at radius 2 is 1.64 bits per heavy atom. The molecule has 0 aromatic heterocycles. The Labute approximate surface area is 151 Å². The number of allylic oxidation sites excluding steroid dienone is 2. The molecule has 1 aromatic carbocycles. The molecule has 1 saturated carbocycles. The lowest BCUT2D eigenvalue weighted by molar-refractivity contribution is -0.118. The fourth-order valence-corrected chi connectivity index (χ4v) is 3.19. The summed E-state index contributed by atoms with van der Waals surface area (Å²) in [7, 11) is 0. The minimum Gasteiger partial charge on any atom is -0.347 e. The number of rotatable bonds is 4. The van der Waals surface area contributed by atoms with E-state index in [4.69, 9.17) is 0 Å². The number of carbonyl (C=O) groups is 2. The SMILES string of the molecule is CC(C)=C[C@@H]1[C@@H](C(=O)Nc2ccc(C(=O)NC(C)(C)C)cc2)C1(C)C. The molecule has 2 amide bonds. The molecule has 1 fully saturated rings. The van der Waals surface area contributed by atoms with Crippen LogP contribution in [0.4, 0.5) is 5.69 Å². The number of amides is 2. The van der Waals surface area contributed by atoms with Crippen molar-refractivity contribution in [3.8, 4) is 0 Å². The van der Waals surface area contributed by atoms with Gasteiger partial charge in [-0.15, -0.1) is 0 Å². The van der Waals surface area contributed by atoms with Crippen LogP contribution in [-0.4, -0.2) is 17.4 Å². The maximum Gasteiger partial charge on any atom is 0.251 e. The minimum absolute atomic E-state index is 0.00606. The van der Waals surface area contributed by atoms with Gasteiger partial charge in [0, 0.05) is 16.8 Å². The fourth-order valence-electron chi connectivity index (χ4n) is 3.19. The molecule has 1 aromatic rings. The molecule has 1 aliphatic carbocycles. The van der Waals surface area contributed by atoms with Gasteiger partial charge in [-0.25, -0.2) is 0 Å². The van der Waals surface area contributed by atoms with Gasteiger partial charge in [-0.2, -0.15) is 0 Å². The summed E-state index contributed by atoms with van der Waals surface area (Å²) in [6, 6.07) is 7.03. The summed E-state index contributed by atoms with van der Waals surface area (Å²) in [6.45, 7) is 14.2. The van der Waals surface area contributed by atoms with Gasteiger partial charge in [-0.05, 0) is 70.2 Å². The molecule has 0 spiro atoms. The fraction of sp³-hybridized carbons (Fsp3) is 0.524. The van der Waals surface area contributed by atoms with Crippen LogP contribution in [0.15, 0.2) is 35.9 Å². The van der Waals surface area contributed by atoms with Crippen LogP contribution in [0.25, 0.3) is 0 Å². The van der Waals surface area contributed by atoms with Crippen LogP contribution in [0.1, 0.15) is 58.8 Å². The van der Waals surface area contributed by atoms with E-state index < -0.39 is 0 Å². The lowest BCUT2D eigenvalue weighted by atomic mass is 10.1. The zero-order valence-corrected chi connectivity index (χ0v) is 16.4. The molecule has 0 unspecified atom stereocenters. The molecule has 25 heavy (non-hydrogen) atoms. The average molecular weight is 342 g/mol. The Hall–Kier alpha value is -2.10. The van der Waals surface area contributed by atoms with Crippen LogP contribution < -0.4 is 10.6 Å². The van der Waals surface area contributed by atoms with Crippen LogP contribution in [0.2, 0.25) is 0 Å². The van der Waals surface area contributed by atoms with E-state index in [1.807, 2.05) is 20.8 Å². The Kier molecular flexibility index (Phi) is 5.12. The predicted molar refractivity (Wildman–Crippen MR) is 102 cm³/mol. The highest BCUT2D eigenvalue weighted by Crippen LogP contribution is 2.59. The second-order valence-corrected chi connectivity index (χ2v) is 8.84. The van der Waals surface area contributed by atoms with E-state index in [1.165, 1.54) is 5.57 Å². The largest absolute Gasteiger partial charge is 0.347 e. The maximum atomic E-state index is 12.6. The summed E-state index contributed by atoms with van der Waals surface area (Å²) in [5.41, 5.74) is 2.26. The van der Waals surface area contributed by atoms with E-state index in [9.17, 15) is 9.59 Å². The van der Waals surface area contributed by atoms with Crippen molar-refractivity contribution in [3.63, 3.8) is 0 Å². The Bertz CT molecular complexity index is 690. The van der Waals surface area contributed by atoms with Gasteiger partial charge in [0.1, 0.15) is 0 Å². The molecule has 136 valence electrons. The number of carbonyl (C=O) groups excluding carboxylic acids is 2. The molecule has 0 radical (unpaired) electrons. The van der Waals surface area contributed by atoms with E-state index in [1.54, 1.807) is 24.3 Å². The van der Waals surface area contributed by atoms with Gasteiger partial charge >= 0.3 is 0 Å². The van der Waals surface area contributed by atoms with E-state index in [-0.39, 0.29) is 34.6 Å².